The van der Waals surface area contributed by atoms with E-state index in [0.717, 1.165) is 13.1 Å². The fourth-order valence-electron chi connectivity index (χ4n) is 2.48. The van der Waals surface area contributed by atoms with E-state index in [1.165, 1.54) is 0 Å². The molecule has 1 aromatic heterocycles. The first kappa shape index (κ1) is 13.7. The molecule has 0 aromatic carbocycles. The molecular formula is C12H22N4OS. The molecule has 0 bridgehead atoms. The number of rotatable bonds is 4. The lowest BCUT2D eigenvalue weighted by molar-refractivity contribution is 0.0942. The average molecular weight is 270 g/mol. The molecule has 0 saturated carbocycles. The van der Waals surface area contributed by atoms with Crippen LogP contribution in [0.15, 0.2) is 12.4 Å². The van der Waals surface area contributed by atoms with Gasteiger partial charge in [0, 0.05) is 36.3 Å². The molecule has 2 heterocycles. The number of β-amino-alcohol motifs (C(OH)–C–C–N with tert-alkyl or cyclic N) is 1. The molecule has 0 aliphatic carbocycles. The van der Waals surface area contributed by atoms with Crippen LogP contribution in [-0.2, 0) is 6.54 Å². The predicted molar refractivity (Wildman–Crippen MR) is 75.6 cm³/mol. The van der Waals surface area contributed by atoms with E-state index in [4.69, 9.17) is 5.73 Å². The van der Waals surface area contributed by atoms with Gasteiger partial charge < -0.3 is 10.8 Å². The van der Waals surface area contributed by atoms with Gasteiger partial charge in [-0.05, 0) is 0 Å². The lowest BCUT2D eigenvalue weighted by Crippen LogP contribution is -2.44. The quantitative estimate of drug-likeness (QED) is 0.841. The number of aliphatic hydroxyl groups is 1. The van der Waals surface area contributed by atoms with Crippen LogP contribution >= 0.6 is 11.8 Å². The fourth-order valence-corrected chi connectivity index (χ4v) is 3.87. The predicted octanol–water partition coefficient (Wildman–Crippen LogP) is 0.652. The molecule has 0 spiro atoms. The first-order valence-electron chi connectivity index (χ1n) is 6.36. The normalized spacial score (nSPS) is 27.3. The average Bonchev–Trinajstić information content (AvgIpc) is 2.61. The van der Waals surface area contributed by atoms with Crippen molar-refractivity contribution < 1.29 is 5.11 Å². The summed E-state index contributed by atoms with van der Waals surface area (Å²) in [6.07, 6.45) is 2.96. The summed E-state index contributed by atoms with van der Waals surface area (Å²) < 4.78 is 1.70. The Bertz CT molecular complexity index is 374. The summed E-state index contributed by atoms with van der Waals surface area (Å²) in [6, 6.07) is 0. The number of nitrogen functional groups attached to an aromatic ring is 1. The van der Waals surface area contributed by atoms with E-state index in [1.807, 2.05) is 11.8 Å². The summed E-state index contributed by atoms with van der Waals surface area (Å²) in [5.74, 6) is 0. The molecule has 0 amide bonds. The molecule has 1 aliphatic heterocycles. The summed E-state index contributed by atoms with van der Waals surface area (Å²) in [5.41, 5.74) is 6.23. The third-order valence-electron chi connectivity index (χ3n) is 3.02. The standard InChI is InChI=1S/C12H22N4OS/c1-9-4-15(5-10(2)18-9)7-12(17)8-16-6-11(13)3-14-16/h3,6,9-10,12,17H,4-5,7-8,13H2,1-2H3. The number of aliphatic hydroxyl groups excluding tert-OH is 1. The lowest BCUT2D eigenvalue weighted by atomic mass is 10.2. The van der Waals surface area contributed by atoms with Crippen LogP contribution < -0.4 is 5.73 Å². The molecule has 1 aromatic rings. The summed E-state index contributed by atoms with van der Waals surface area (Å²) in [4.78, 5) is 2.34. The molecule has 6 heteroatoms. The van der Waals surface area contributed by atoms with Gasteiger partial charge in [0.15, 0.2) is 0 Å². The van der Waals surface area contributed by atoms with E-state index in [1.54, 1.807) is 17.1 Å². The highest BCUT2D eigenvalue weighted by Gasteiger charge is 2.23. The van der Waals surface area contributed by atoms with Crippen molar-refractivity contribution in [1.82, 2.24) is 14.7 Å². The van der Waals surface area contributed by atoms with Crippen molar-refractivity contribution in [2.45, 2.75) is 37.0 Å². The van der Waals surface area contributed by atoms with Crippen LogP contribution in [0, 0.1) is 0 Å². The molecular weight excluding hydrogens is 248 g/mol. The lowest BCUT2D eigenvalue weighted by Gasteiger charge is -2.35. The Morgan fingerprint density at radius 2 is 2.11 bits per heavy atom. The number of hydrogen-bond donors (Lipinski definition) is 2. The monoisotopic (exact) mass is 270 g/mol. The molecule has 102 valence electrons. The van der Waals surface area contributed by atoms with Crippen molar-refractivity contribution in [2.75, 3.05) is 25.4 Å². The Morgan fingerprint density at radius 1 is 1.44 bits per heavy atom. The Kier molecular flexibility index (Phi) is 4.53. The molecule has 3 unspecified atom stereocenters. The van der Waals surface area contributed by atoms with E-state index in [9.17, 15) is 5.11 Å². The number of anilines is 1. The van der Waals surface area contributed by atoms with Gasteiger partial charge in [-0.15, -0.1) is 0 Å². The molecule has 5 nitrogen and oxygen atoms in total. The van der Waals surface area contributed by atoms with Crippen molar-refractivity contribution in [3.63, 3.8) is 0 Å². The van der Waals surface area contributed by atoms with Gasteiger partial charge in [-0.1, -0.05) is 13.8 Å². The molecule has 0 radical (unpaired) electrons. The molecule has 1 fully saturated rings. The molecule has 3 N–H and O–H groups in total. The van der Waals surface area contributed by atoms with Crippen LogP contribution in [0.4, 0.5) is 5.69 Å². The zero-order valence-electron chi connectivity index (χ0n) is 11.0. The largest absolute Gasteiger partial charge is 0.396 e. The van der Waals surface area contributed by atoms with Crippen molar-refractivity contribution in [3.8, 4) is 0 Å². The molecule has 2 rings (SSSR count). The number of thioether (sulfide) groups is 1. The maximum absolute atomic E-state index is 10.1. The fraction of sp³-hybridized carbons (Fsp3) is 0.750. The van der Waals surface area contributed by atoms with Crippen LogP contribution in [0.5, 0.6) is 0 Å². The van der Waals surface area contributed by atoms with Gasteiger partial charge in [0.1, 0.15) is 0 Å². The second kappa shape index (κ2) is 5.95. The van der Waals surface area contributed by atoms with E-state index in [2.05, 4.69) is 23.8 Å². The molecule has 3 atom stereocenters. The molecule has 1 aliphatic rings. The third kappa shape index (κ3) is 3.90. The summed E-state index contributed by atoms with van der Waals surface area (Å²) in [5, 5.41) is 15.5. The van der Waals surface area contributed by atoms with E-state index >= 15 is 0 Å². The van der Waals surface area contributed by atoms with E-state index in [-0.39, 0.29) is 0 Å². The van der Waals surface area contributed by atoms with Gasteiger partial charge in [-0.2, -0.15) is 16.9 Å². The molecule has 1 saturated heterocycles. The Morgan fingerprint density at radius 3 is 2.67 bits per heavy atom. The maximum Gasteiger partial charge on any atom is 0.0862 e. The van der Waals surface area contributed by atoms with Gasteiger partial charge in [-0.3, -0.25) is 9.58 Å². The SMILES string of the molecule is CC1CN(CC(O)Cn2cc(N)cn2)CC(C)S1. The highest BCUT2D eigenvalue weighted by Crippen LogP contribution is 2.24. The van der Waals surface area contributed by atoms with Gasteiger partial charge in [-0.25, -0.2) is 0 Å². The van der Waals surface area contributed by atoms with Gasteiger partial charge in [0.05, 0.1) is 24.5 Å². The van der Waals surface area contributed by atoms with Crippen molar-refractivity contribution in [2.24, 2.45) is 0 Å². The second-order valence-corrected chi connectivity index (χ2v) is 7.01. The highest BCUT2D eigenvalue weighted by molar-refractivity contribution is 8.00. The van der Waals surface area contributed by atoms with Crippen molar-refractivity contribution >= 4 is 17.4 Å². The van der Waals surface area contributed by atoms with Crippen LogP contribution in [0.1, 0.15) is 13.8 Å². The van der Waals surface area contributed by atoms with Gasteiger partial charge >= 0.3 is 0 Å². The number of nitrogens with zero attached hydrogens (tertiary/aromatic N) is 3. The smallest absolute Gasteiger partial charge is 0.0862 e. The summed E-state index contributed by atoms with van der Waals surface area (Å²) in [6.45, 7) is 7.79. The maximum atomic E-state index is 10.1. The first-order chi connectivity index (χ1) is 8.52. The minimum Gasteiger partial charge on any atom is -0.396 e. The van der Waals surface area contributed by atoms with Crippen LogP contribution in [0.3, 0.4) is 0 Å². The van der Waals surface area contributed by atoms with Gasteiger partial charge in [0.2, 0.25) is 0 Å². The number of hydrogen-bond acceptors (Lipinski definition) is 5. The van der Waals surface area contributed by atoms with Crippen LogP contribution in [0.2, 0.25) is 0 Å². The Labute approximate surface area is 112 Å². The minimum absolute atomic E-state index is 0.396. The summed E-state index contributed by atoms with van der Waals surface area (Å²) >= 11 is 2.02. The van der Waals surface area contributed by atoms with Crippen LogP contribution in [0.25, 0.3) is 0 Å². The number of aromatic nitrogens is 2. The Balaban J connectivity index is 1.81. The van der Waals surface area contributed by atoms with E-state index < -0.39 is 6.10 Å². The second-order valence-electron chi connectivity index (χ2n) is 5.13. The minimum atomic E-state index is -0.396. The first-order valence-corrected chi connectivity index (χ1v) is 7.31. The zero-order valence-corrected chi connectivity index (χ0v) is 11.8. The zero-order chi connectivity index (χ0) is 13.1. The van der Waals surface area contributed by atoms with Crippen LogP contribution in [-0.4, -0.2) is 56.0 Å². The molecule has 18 heavy (non-hydrogen) atoms. The summed E-state index contributed by atoms with van der Waals surface area (Å²) in [7, 11) is 0. The third-order valence-corrected chi connectivity index (χ3v) is 4.24. The van der Waals surface area contributed by atoms with Crippen molar-refractivity contribution in [1.29, 1.82) is 0 Å². The Hall–Kier alpha value is -0.720. The topological polar surface area (TPSA) is 67.3 Å². The number of nitrogens with two attached hydrogens (primary N) is 1. The highest BCUT2D eigenvalue weighted by atomic mass is 32.2. The van der Waals surface area contributed by atoms with Gasteiger partial charge in [0.25, 0.3) is 0 Å². The van der Waals surface area contributed by atoms with E-state index in [0.29, 0.717) is 29.3 Å². The van der Waals surface area contributed by atoms with Crippen molar-refractivity contribution in [3.05, 3.63) is 12.4 Å².